The molecule has 1 amide bonds. The molecule has 8 nitrogen and oxygen atoms in total. The molecule has 2 aromatic heterocycles. The minimum absolute atomic E-state index is 0.0408. The average Bonchev–Trinajstić information content (AvgIpc) is 3.44. The molecule has 1 fully saturated rings. The van der Waals surface area contributed by atoms with E-state index in [9.17, 15) is 4.79 Å². The molecule has 2 atom stereocenters. The van der Waals surface area contributed by atoms with Gasteiger partial charge in [-0.1, -0.05) is 0 Å². The molecule has 2 unspecified atom stereocenters. The predicted molar refractivity (Wildman–Crippen MR) is 112 cm³/mol. The minimum Gasteiger partial charge on any atom is -0.497 e. The van der Waals surface area contributed by atoms with Gasteiger partial charge in [0.1, 0.15) is 11.5 Å². The summed E-state index contributed by atoms with van der Waals surface area (Å²) in [6.45, 7) is 3.22. The molecule has 0 radical (unpaired) electrons. The Morgan fingerprint density at radius 2 is 2.17 bits per heavy atom. The zero-order valence-electron chi connectivity index (χ0n) is 17.4. The molecule has 30 heavy (non-hydrogen) atoms. The summed E-state index contributed by atoms with van der Waals surface area (Å²) in [6.07, 6.45) is 5.40. The number of pyridine rings is 1. The second kappa shape index (κ2) is 8.71. The maximum absolute atomic E-state index is 12.6. The number of nitrogens with one attached hydrogen (secondary N) is 1. The number of rotatable bonds is 7. The van der Waals surface area contributed by atoms with Crippen molar-refractivity contribution < 1.29 is 19.0 Å². The lowest BCUT2D eigenvalue weighted by Crippen LogP contribution is -2.40. The molecule has 3 aromatic rings. The molecule has 0 aliphatic carbocycles. The summed E-state index contributed by atoms with van der Waals surface area (Å²) in [6, 6.07) is 7.44. The van der Waals surface area contributed by atoms with Crippen LogP contribution in [0.15, 0.2) is 36.7 Å². The Morgan fingerprint density at radius 3 is 2.90 bits per heavy atom. The average molecular weight is 410 g/mol. The Kier molecular flexibility index (Phi) is 5.85. The van der Waals surface area contributed by atoms with Crippen LogP contribution in [-0.2, 0) is 11.3 Å². The van der Waals surface area contributed by atoms with Crippen LogP contribution in [0.25, 0.3) is 11.0 Å². The van der Waals surface area contributed by atoms with Crippen LogP contribution in [0, 0.1) is 0 Å². The number of fused-ring (bicyclic) bond motifs is 1. The fraction of sp³-hybridized carbons (Fsp3) is 0.409. The zero-order chi connectivity index (χ0) is 21.1. The molecule has 8 heteroatoms. The topological polar surface area (TPSA) is 87.5 Å². The summed E-state index contributed by atoms with van der Waals surface area (Å²) in [5.74, 6) is 1.29. The van der Waals surface area contributed by atoms with Crippen molar-refractivity contribution in [3.63, 3.8) is 0 Å². The first-order valence-corrected chi connectivity index (χ1v) is 10.0. The number of methoxy groups -OCH3 is 2. The Morgan fingerprint density at radius 1 is 1.30 bits per heavy atom. The van der Waals surface area contributed by atoms with Crippen LogP contribution in [0.1, 0.15) is 35.7 Å². The molecular weight excluding hydrogens is 384 g/mol. The molecule has 0 bridgehead atoms. The Bertz CT molecular complexity index is 1040. The van der Waals surface area contributed by atoms with Gasteiger partial charge in [-0.3, -0.25) is 4.79 Å². The first kappa shape index (κ1) is 20.2. The lowest BCUT2D eigenvalue weighted by Gasteiger charge is -2.19. The summed E-state index contributed by atoms with van der Waals surface area (Å²) >= 11 is 0. The third-order valence-corrected chi connectivity index (χ3v) is 5.43. The van der Waals surface area contributed by atoms with Gasteiger partial charge in [0, 0.05) is 29.8 Å². The highest BCUT2D eigenvalue weighted by atomic mass is 16.5. The number of ether oxygens (including phenoxy) is 3. The van der Waals surface area contributed by atoms with E-state index in [4.69, 9.17) is 14.2 Å². The van der Waals surface area contributed by atoms with Crippen LogP contribution < -0.4 is 14.8 Å². The van der Waals surface area contributed by atoms with Crippen LogP contribution in [0.5, 0.6) is 11.5 Å². The van der Waals surface area contributed by atoms with Crippen LogP contribution in [0.2, 0.25) is 0 Å². The third-order valence-electron chi connectivity index (χ3n) is 5.43. The summed E-state index contributed by atoms with van der Waals surface area (Å²) in [4.78, 5) is 17.1. The number of carbonyl (C=O) groups is 1. The Balaban J connectivity index is 1.52. The summed E-state index contributed by atoms with van der Waals surface area (Å²) in [5.41, 5.74) is 2.17. The van der Waals surface area contributed by atoms with Crippen molar-refractivity contribution in [1.29, 1.82) is 0 Å². The highest BCUT2D eigenvalue weighted by molar-refractivity contribution is 5.97. The van der Waals surface area contributed by atoms with Crippen LogP contribution >= 0.6 is 0 Å². The van der Waals surface area contributed by atoms with Crippen molar-refractivity contribution in [3.05, 3.63) is 47.8 Å². The molecular formula is C22H26N4O4. The normalized spacial score (nSPS) is 17.1. The number of carbonyl (C=O) groups excluding carboxylic acids is 1. The zero-order valence-corrected chi connectivity index (χ0v) is 17.4. The van der Waals surface area contributed by atoms with Gasteiger partial charge in [-0.05, 0) is 38.0 Å². The van der Waals surface area contributed by atoms with Crippen LogP contribution in [-0.4, -0.2) is 53.6 Å². The van der Waals surface area contributed by atoms with Gasteiger partial charge >= 0.3 is 0 Å². The Labute approximate surface area is 175 Å². The van der Waals surface area contributed by atoms with Crippen molar-refractivity contribution in [1.82, 2.24) is 20.1 Å². The fourth-order valence-electron chi connectivity index (χ4n) is 3.74. The number of nitrogens with zero attached hydrogens (tertiary/aromatic N) is 3. The van der Waals surface area contributed by atoms with E-state index in [-0.39, 0.29) is 18.1 Å². The Hall–Kier alpha value is -3.13. The molecule has 0 spiro atoms. The van der Waals surface area contributed by atoms with Gasteiger partial charge in [0.2, 0.25) is 0 Å². The fourth-order valence-corrected chi connectivity index (χ4v) is 3.74. The van der Waals surface area contributed by atoms with Gasteiger partial charge in [-0.2, -0.15) is 5.10 Å². The summed E-state index contributed by atoms with van der Waals surface area (Å²) < 4.78 is 18.2. The molecule has 0 saturated carbocycles. The van der Waals surface area contributed by atoms with E-state index in [0.717, 1.165) is 41.9 Å². The molecule has 1 aliphatic heterocycles. The smallest absolute Gasteiger partial charge is 0.253 e. The van der Waals surface area contributed by atoms with Crippen LogP contribution in [0.4, 0.5) is 0 Å². The summed E-state index contributed by atoms with van der Waals surface area (Å²) in [7, 11) is 3.24. The first-order valence-electron chi connectivity index (χ1n) is 10.0. The van der Waals surface area contributed by atoms with Crippen molar-refractivity contribution in [2.75, 3.05) is 20.8 Å². The SMILES string of the molecule is COc1ccc(Cn2ncc3cc(C(=O)NC(C)C4CCCO4)cnc32)c(OC)c1. The summed E-state index contributed by atoms with van der Waals surface area (Å²) in [5, 5.41) is 8.27. The number of benzene rings is 1. The van der Waals surface area contributed by atoms with Crippen molar-refractivity contribution in [2.24, 2.45) is 0 Å². The van der Waals surface area contributed by atoms with E-state index >= 15 is 0 Å². The van der Waals surface area contributed by atoms with E-state index in [2.05, 4.69) is 15.4 Å². The lowest BCUT2D eigenvalue weighted by atomic mass is 10.1. The van der Waals surface area contributed by atoms with E-state index in [1.807, 2.05) is 31.2 Å². The predicted octanol–water partition coefficient (Wildman–Crippen LogP) is 2.79. The highest BCUT2D eigenvalue weighted by Crippen LogP contribution is 2.26. The van der Waals surface area contributed by atoms with Crippen molar-refractivity contribution in [2.45, 2.75) is 38.5 Å². The standard InChI is InChI=1S/C22H26N4O4/c1-14(19-5-4-8-30-19)25-22(27)17-9-16-12-24-26(21(16)23-11-17)13-15-6-7-18(28-2)10-20(15)29-3/h6-7,9-12,14,19H,4-5,8,13H2,1-3H3,(H,25,27). The molecule has 1 aromatic carbocycles. The van der Waals surface area contributed by atoms with Gasteiger partial charge in [0.25, 0.3) is 5.91 Å². The molecule has 3 heterocycles. The van der Waals surface area contributed by atoms with E-state index in [0.29, 0.717) is 17.8 Å². The lowest BCUT2D eigenvalue weighted by molar-refractivity contribution is 0.0712. The minimum atomic E-state index is -0.156. The second-order valence-electron chi connectivity index (χ2n) is 7.43. The molecule has 4 rings (SSSR count). The molecule has 1 aliphatic rings. The van der Waals surface area contributed by atoms with Gasteiger partial charge < -0.3 is 19.5 Å². The molecule has 1 N–H and O–H groups in total. The largest absolute Gasteiger partial charge is 0.497 e. The monoisotopic (exact) mass is 410 g/mol. The number of hydrogen-bond donors (Lipinski definition) is 1. The van der Waals surface area contributed by atoms with Gasteiger partial charge in [0.05, 0.1) is 44.7 Å². The van der Waals surface area contributed by atoms with Crippen molar-refractivity contribution >= 4 is 16.9 Å². The number of hydrogen-bond acceptors (Lipinski definition) is 6. The van der Waals surface area contributed by atoms with Gasteiger partial charge in [0.15, 0.2) is 5.65 Å². The third kappa shape index (κ3) is 4.09. The molecule has 1 saturated heterocycles. The van der Waals surface area contributed by atoms with Crippen LogP contribution in [0.3, 0.4) is 0 Å². The number of aromatic nitrogens is 3. The van der Waals surface area contributed by atoms with Crippen molar-refractivity contribution in [3.8, 4) is 11.5 Å². The quantitative estimate of drug-likeness (QED) is 0.645. The maximum Gasteiger partial charge on any atom is 0.253 e. The van der Waals surface area contributed by atoms with Gasteiger partial charge in [-0.25, -0.2) is 9.67 Å². The van der Waals surface area contributed by atoms with E-state index in [1.165, 1.54) is 0 Å². The first-order chi connectivity index (χ1) is 14.6. The van der Waals surface area contributed by atoms with Gasteiger partial charge in [-0.15, -0.1) is 0 Å². The number of amides is 1. The van der Waals surface area contributed by atoms with E-state index in [1.54, 1.807) is 31.3 Å². The maximum atomic E-state index is 12.6. The second-order valence-corrected chi connectivity index (χ2v) is 7.43. The highest BCUT2D eigenvalue weighted by Gasteiger charge is 2.24. The molecule has 158 valence electrons. The van der Waals surface area contributed by atoms with E-state index < -0.39 is 0 Å².